The maximum Gasteiger partial charge on any atom is 0.261 e. The van der Waals surface area contributed by atoms with Gasteiger partial charge in [-0.25, -0.2) is 63.0 Å². The van der Waals surface area contributed by atoms with E-state index < -0.39 is 29.7 Å². The molecule has 5 aliphatic rings. The Morgan fingerprint density at radius 1 is 0.415 bits per heavy atom. The van der Waals surface area contributed by atoms with Crippen molar-refractivity contribution in [2.24, 2.45) is 28.6 Å². The average molecular weight is 1630 g/mol. The van der Waals surface area contributed by atoms with Crippen molar-refractivity contribution >= 4 is 54.5 Å². The number of nitrogens with zero attached hydrogens (tertiary/aromatic N) is 15. The molecule has 0 bridgehead atoms. The third-order valence-electron chi connectivity index (χ3n) is 21.9. The van der Waals surface area contributed by atoms with Crippen molar-refractivity contribution < 1.29 is 17.6 Å². The molecular formula is C99H79F4N15O5. The molecule has 0 aliphatic carbocycles. The van der Waals surface area contributed by atoms with E-state index in [-0.39, 0.29) is 62.0 Å². The van der Waals surface area contributed by atoms with Gasteiger partial charge in [-0.3, -0.25) is 51.2 Å². The lowest BCUT2D eigenvalue weighted by molar-refractivity contribution is 0.123. The van der Waals surface area contributed by atoms with Crippen LogP contribution in [0.1, 0.15) is 140 Å². The predicted octanol–water partition coefficient (Wildman–Crippen LogP) is 14.0. The topological polar surface area (TPSA) is 239 Å². The molecule has 0 N–H and O–H groups in total. The third-order valence-corrected chi connectivity index (χ3v) is 21.9. The zero-order chi connectivity index (χ0) is 85.8. The largest absolute Gasteiger partial charge is 0.296 e. The normalized spacial score (nSPS) is 16.1. The van der Waals surface area contributed by atoms with Crippen LogP contribution in [0.4, 0.5) is 17.6 Å². The Morgan fingerprint density at radius 2 is 0.797 bits per heavy atom. The average Bonchev–Trinajstić information content (AvgIpc) is 1.92. The first-order valence-corrected chi connectivity index (χ1v) is 40.2. The lowest BCUT2D eigenvalue weighted by Crippen LogP contribution is -2.28. The molecule has 0 amide bonds. The van der Waals surface area contributed by atoms with Crippen molar-refractivity contribution in [3.63, 3.8) is 0 Å². The molecule has 0 fully saturated rings. The van der Waals surface area contributed by atoms with E-state index in [9.17, 15) is 41.5 Å². The molecule has 0 radical (unpaired) electrons. The Labute approximate surface area is 704 Å². The van der Waals surface area contributed by atoms with Crippen molar-refractivity contribution in [1.82, 2.24) is 72.7 Å². The highest BCUT2D eigenvalue weighted by Crippen LogP contribution is 2.43. The summed E-state index contributed by atoms with van der Waals surface area (Å²) in [6, 6.07) is 52.3. The van der Waals surface area contributed by atoms with E-state index in [2.05, 4.69) is 130 Å². The van der Waals surface area contributed by atoms with Crippen LogP contribution >= 0.6 is 0 Å². The van der Waals surface area contributed by atoms with E-state index in [1.807, 2.05) is 97.1 Å². The molecule has 5 aromatic carbocycles. The lowest BCUT2D eigenvalue weighted by Gasteiger charge is -2.20. The maximum atomic E-state index is 14.9. The minimum atomic E-state index is -1.34. The number of rotatable bonds is 2. The highest BCUT2D eigenvalue weighted by atomic mass is 19.1. The van der Waals surface area contributed by atoms with Crippen LogP contribution in [-0.2, 0) is 58.4 Å². The van der Waals surface area contributed by atoms with Gasteiger partial charge in [0, 0.05) is 129 Å². The van der Waals surface area contributed by atoms with Gasteiger partial charge in [-0.2, -0.15) is 0 Å². The number of hydrogen-bond donors (Lipinski definition) is 0. The molecule has 24 heteroatoms. The van der Waals surface area contributed by atoms with E-state index in [0.29, 0.717) is 141 Å². The smallest absolute Gasteiger partial charge is 0.261 e. The van der Waals surface area contributed by atoms with Crippen LogP contribution in [0.5, 0.6) is 0 Å². The van der Waals surface area contributed by atoms with Crippen LogP contribution in [0.15, 0.2) is 231 Å². The summed E-state index contributed by atoms with van der Waals surface area (Å²) >= 11 is 0. The van der Waals surface area contributed by atoms with E-state index in [1.165, 1.54) is 10.6 Å². The number of aromatic nitrogens is 15. The number of alkyl halides is 3. The van der Waals surface area contributed by atoms with Crippen LogP contribution in [0.3, 0.4) is 0 Å². The second-order valence-electron chi connectivity index (χ2n) is 32.9. The second kappa shape index (κ2) is 34.4. The number of halogens is 4. The van der Waals surface area contributed by atoms with E-state index >= 15 is 0 Å². The number of hydrogen-bond acceptors (Lipinski definition) is 15. The van der Waals surface area contributed by atoms with Crippen molar-refractivity contribution in [3.8, 4) is 59.2 Å². The molecule has 0 saturated heterocycles. The van der Waals surface area contributed by atoms with Gasteiger partial charge in [0.1, 0.15) is 68.8 Å². The van der Waals surface area contributed by atoms with Crippen LogP contribution in [-0.4, -0.2) is 85.0 Å². The Morgan fingerprint density at radius 3 is 1.22 bits per heavy atom. The molecule has 15 aromatic rings. The fourth-order valence-corrected chi connectivity index (χ4v) is 15.4. The summed E-state index contributed by atoms with van der Waals surface area (Å²) < 4.78 is 64.8. The maximum absolute atomic E-state index is 14.9. The van der Waals surface area contributed by atoms with Crippen LogP contribution < -0.4 is 27.8 Å². The number of pyridine rings is 5. The second-order valence-corrected chi connectivity index (χ2v) is 32.9. The molecule has 608 valence electrons. The monoisotopic (exact) mass is 1630 g/mol. The quantitative estimate of drug-likeness (QED) is 0.115. The van der Waals surface area contributed by atoms with Crippen LogP contribution in [0, 0.1) is 93.6 Å². The van der Waals surface area contributed by atoms with Crippen molar-refractivity contribution in [3.05, 3.63) is 350 Å². The minimum absolute atomic E-state index is 0.0470. The summed E-state index contributed by atoms with van der Waals surface area (Å²) in [5.41, 5.74) is 6.57. The molecule has 4 atom stereocenters. The lowest BCUT2D eigenvalue weighted by atomic mass is 9.90. The molecule has 0 saturated carbocycles. The first kappa shape index (κ1) is 81.8. The molecule has 5 aliphatic heterocycles. The molecule has 123 heavy (non-hydrogen) atoms. The van der Waals surface area contributed by atoms with Gasteiger partial charge >= 0.3 is 0 Å². The fourth-order valence-electron chi connectivity index (χ4n) is 15.4. The molecular weight excluding hydrogens is 1560 g/mol. The van der Waals surface area contributed by atoms with Gasteiger partial charge in [0.25, 0.3) is 27.8 Å². The number of fused-ring (bicyclic) bond motifs is 10. The molecule has 20 nitrogen and oxygen atoms in total. The number of benzene rings is 5. The Bertz CT molecular complexity index is 7380. The SMILES string of the molecule is CC(C)(F)C1Cc2nc3cc(C#Cc4ccccn4)ccc3c(=O)n2C1.CC1(C)Cc2nc3c(F)c(C#Cc4ccccn4)ccc3c(=O)n2C1.CC1(C)Cn2c(nc3cc(C#Cc4ccccn4)ccc3c2=O)C1F.CC1Cc2nc3cc(C#Cc4ccccn4)ccc3c(=O)n2C1.O=c1c2ccc(C#Cc3ccccn3)cc2nc2n1CC(CF)C2. The minimum Gasteiger partial charge on any atom is -0.296 e. The van der Waals surface area contributed by atoms with Crippen molar-refractivity contribution in [2.75, 3.05) is 6.67 Å². The van der Waals surface area contributed by atoms with Crippen LogP contribution in [0.25, 0.3) is 54.5 Å². The molecule has 15 heterocycles. The summed E-state index contributed by atoms with van der Waals surface area (Å²) in [6.07, 6.45) is 9.65. The van der Waals surface area contributed by atoms with Gasteiger partial charge in [0.2, 0.25) is 0 Å². The molecule has 20 rings (SSSR count). The molecule has 4 unspecified atom stereocenters. The predicted molar refractivity (Wildman–Crippen MR) is 465 cm³/mol. The van der Waals surface area contributed by atoms with Gasteiger partial charge < -0.3 is 0 Å². The highest BCUT2D eigenvalue weighted by Gasteiger charge is 2.42. The van der Waals surface area contributed by atoms with Gasteiger partial charge in [-0.05, 0) is 200 Å². The fraction of sp³-hybridized carbons (Fsp3) is 0.242. The Balaban J connectivity index is 0.000000114. The summed E-state index contributed by atoms with van der Waals surface area (Å²) in [6.45, 7) is 15.1. The van der Waals surface area contributed by atoms with Crippen LogP contribution in [0.2, 0.25) is 0 Å². The van der Waals surface area contributed by atoms with Crippen molar-refractivity contribution in [1.29, 1.82) is 0 Å². The Hall–Kier alpha value is -14.9. The Kier molecular flexibility index (Phi) is 22.9. The first-order valence-electron chi connectivity index (χ1n) is 40.2. The van der Waals surface area contributed by atoms with Gasteiger partial charge in [-0.1, -0.05) is 94.6 Å². The van der Waals surface area contributed by atoms with E-state index in [4.69, 9.17) is 0 Å². The summed E-state index contributed by atoms with van der Waals surface area (Å²) in [4.78, 5) is 107. The molecule has 10 aromatic heterocycles. The highest BCUT2D eigenvalue weighted by molar-refractivity contribution is 5.83. The van der Waals surface area contributed by atoms with E-state index in [0.717, 1.165) is 46.7 Å². The zero-order valence-corrected chi connectivity index (χ0v) is 68.3. The summed E-state index contributed by atoms with van der Waals surface area (Å²) in [5, 5.41) is 2.52. The van der Waals surface area contributed by atoms with E-state index in [1.54, 1.807) is 150 Å². The van der Waals surface area contributed by atoms with Gasteiger partial charge in [0.15, 0.2) is 12.0 Å². The van der Waals surface area contributed by atoms with Crippen molar-refractivity contribution in [2.45, 2.75) is 119 Å². The molecule has 0 spiro atoms. The van der Waals surface area contributed by atoms with Gasteiger partial charge in [0.05, 0.1) is 61.2 Å². The first-order chi connectivity index (χ1) is 59.3. The third kappa shape index (κ3) is 18.0. The summed E-state index contributed by atoms with van der Waals surface area (Å²) in [7, 11) is 0. The summed E-state index contributed by atoms with van der Waals surface area (Å²) in [5.74, 6) is 32.4. The zero-order valence-electron chi connectivity index (χ0n) is 68.3. The standard InChI is InChI=1S/C21H18FN3O.2C20H16FN3O.C19H14FN3O.C19H15N3O/c1-21(2,22)15-12-19-24-18-11-14(6-8-16-5-3-4-10-23-16)7-9-17(18)20(26)25(19)13-15;1-20(2)11-16-23-18-15(19(25)24(16)12-20)9-7-13(17(18)21)6-8-14-5-3-4-10-22-14;1-20(2)12-24-18(17(20)21)23-16-11-13(7-9-15(16)19(24)25)6-8-14-5-3-4-10-22-14;20-11-14-10-18-22-17-9-13(4-6-15-3-1-2-8-21-15)5-7-16(17)19(24)23(18)12-14;1-13-10-18-21-17-11-14(5-7-15-4-2-3-9-20-15)6-8-16(17)19(23)22(18)12-13/h3-5,7,9-11,15H,12-13H2,1-2H3;3-5,7,9-10H,11-12H2,1-2H3;3-5,7,9-11,17H,12H2,1-2H3;1-3,5,7-9,14H,10-12H2;2-4,6,8-9,11,13H,10,12H2,1H3. The van der Waals surface area contributed by atoms with Gasteiger partial charge in [-0.15, -0.1) is 0 Å².